The molecule has 0 bridgehead atoms. The third-order valence-corrected chi connectivity index (χ3v) is 3.43. The van der Waals surface area contributed by atoms with Gasteiger partial charge in [-0.15, -0.1) is 11.3 Å². The van der Waals surface area contributed by atoms with Gasteiger partial charge < -0.3 is 5.32 Å². The molecule has 1 aliphatic heterocycles. The summed E-state index contributed by atoms with van der Waals surface area (Å²) < 4.78 is 0. The normalized spacial score (nSPS) is 25.2. The van der Waals surface area contributed by atoms with Gasteiger partial charge in [0.2, 0.25) is 0 Å². The molecule has 1 atom stereocenters. The van der Waals surface area contributed by atoms with Crippen molar-refractivity contribution in [3.63, 3.8) is 0 Å². The summed E-state index contributed by atoms with van der Waals surface area (Å²) in [7, 11) is 0. The second-order valence-corrected chi connectivity index (χ2v) is 4.35. The Labute approximate surface area is 77.8 Å². The molecule has 1 fully saturated rings. The molecule has 0 radical (unpaired) electrons. The second-order valence-electron chi connectivity index (χ2n) is 3.37. The zero-order valence-electron chi connectivity index (χ0n) is 7.25. The van der Waals surface area contributed by atoms with Crippen molar-refractivity contribution in [2.75, 3.05) is 6.54 Å². The van der Waals surface area contributed by atoms with Crippen LogP contribution in [0.5, 0.6) is 0 Å². The lowest BCUT2D eigenvalue weighted by atomic mass is 10.1. The lowest BCUT2D eigenvalue weighted by Crippen LogP contribution is -2.19. The largest absolute Gasteiger partial charge is 0.309 e. The molecule has 1 aromatic rings. The average molecular weight is 181 g/mol. The van der Waals surface area contributed by atoms with Gasteiger partial charge >= 0.3 is 0 Å². The van der Waals surface area contributed by atoms with Crippen LogP contribution >= 0.6 is 11.3 Å². The topological polar surface area (TPSA) is 12.0 Å². The highest BCUT2D eigenvalue weighted by Crippen LogP contribution is 2.25. The maximum absolute atomic E-state index is 3.59. The van der Waals surface area contributed by atoms with Crippen LogP contribution in [-0.4, -0.2) is 6.54 Å². The standard InChI is InChI=1S/C10H15NS/c1-2-5-9(11-7-3-1)10-6-4-8-12-10/h4,6,8-9,11H,1-3,5,7H2/t9-/m0/s1. The van der Waals surface area contributed by atoms with Gasteiger partial charge in [0.25, 0.3) is 0 Å². The van der Waals surface area contributed by atoms with Crippen molar-refractivity contribution in [1.29, 1.82) is 0 Å². The quantitative estimate of drug-likeness (QED) is 0.702. The molecule has 1 N–H and O–H groups in total. The van der Waals surface area contributed by atoms with Gasteiger partial charge in [-0.25, -0.2) is 0 Å². The van der Waals surface area contributed by atoms with Gasteiger partial charge in [0, 0.05) is 10.9 Å². The predicted molar refractivity (Wildman–Crippen MR) is 53.5 cm³/mol. The van der Waals surface area contributed by atoms with Gasteiger partial charge in [-0.1, -0.05) is 18.9 Å². The van der Waals surface area contributed by atoms with Gasteiger partial charge in [-0.2, -0.15) is 0 Å². The first-order chi connectivity index (χ1) is 5.97. The van der Waals surface area contributed by atoms with Crippen LogP contribution in [0.15, 0.2) is 17.5 Å². The molecule has 0 amide bonds. The zero-order chi connectivity index (χ0) is 8.23. The van der Waals surface area contributed by atoms with Crippen LogP contribution in [0.3, 0.4) is 0 Å². The van der Waals surface area contributed by atoms with E-state index in [0.29, 0.717) is 6.04 Å². The lowest BCUT2D eigenvalue weighted by molar-refractivity contribution is 0.543. The number of rotatable bonds is 1. The van der Waals surface area contributed by atoms with Crippen LogP contribution < -0.4 is 5.32 Å². The summed E-state index contributed by atoms with van der Waals surface area (Å²) in [5.74, 6) is 0. The van der Waals surface area contributed by atoms with Crippen LogP contribution in [0.4, 0.5) is 0 Å². The summed E-state index contributed by atoms with van der Waals surface area (Å²) in [6.07, 6.45) is 5.45. The Morgan fingerprint density at radius 1 is 1.33 bits per heavy atom. The minimum Gasteiger partial charge on any atom is -0.309 e. The maximum atomic E-state index is 3.59. The molecule has 2 heteroatoms. The fraction of sp³-hybridized carbons (Fsp3) is 0.600. The fourth-order valence-electron chi connectivity index (χ4n) is 1.76. The van der Waals surface area contributed by atoms with Gasteiger partial charge in [0.15, 0.2) is 0 Å². The summed E-state index contributed by atoms with van der Waals surface area (Å²) in [4.78, 5) is 1.51. The smallest absolute Gasteiger partial charge is 0.0414 e. The van der Waals surface area contributed by atoms with E-state index in [4.69, 9.17) is 0 Å². The number of thiophene rings is 1. The van der Waals surface area contributed by atoms with E-state index in [0.717, 1.165) is 0 Å². The zero-order valence-corrected chi connectivity index (χ0v) is 8.07. The highest BCUT2D eigenvalue weighted by atomic mass is 32.1. The van der Waals surface area contributed by atoms with E-state index in [1.807, 2.05) is 11.3 Å². The summed E-state index contributed by atoms with van der Waals surface area (Å²) in [6, 6.07) is 5.03. The van der Waals surface area contributed by atoms with Gasteiger partial charge in [-0.05, 0) is 30.8 Å². The molecule has 66 valence electrons. The van der Waals surface area contributed by atoms with Crippen LogP contribution in [0.2, 0.25) is 0 Å². The number of hydrogen-bond donors (Lipinski definition) is 1. The molecule has 1 saturated heterocycles. The first-order valence-corrected chi connectivity index (χ1v) is 5.61. The van der Waals surface area contributed by atoms with Crippen molar-refractivity contribution in [3.8, 4) is 0 Å². The molecular formula is C10H15NS. The van der Waals surface area contributed by atoms with Crippen LogP contribution in [0.25, 0.3) is 0 Å². The van der Waals surface area contributed by atoms with Crippen molar-refractivity contribution in [3.05, 3.63) is 22.4 Å². The van der Waals surface area contributed by atoms with E-state index in [1.165, 1.54) is 37.1 Å². The molecule has 0 aromatic carbocycles. The Kier molecular flexibility index (Phi) is 2.79. The van der Waals surface area contributed by atoms with Crippen molar-refractivity contribution >= 4 is 11.3 Å². The highest BCUT2D eigenvalue weighted by molar-refractivity contribution is 7.10. The SMILES string of the molecule is c1csc([C@@H]2CCCCCN2)c1. The number of hydrogen-bond acceptors (Lipinski definition) is 2. The molecule has 0 saturated carbocycles. The first kappa shape index (κ1) is 8.27. The molecule has 1 aliphatic rings. The van der Waals surface area contributed by atoms with E-state index in [-0.39, 0.29) is 0 Å². The van der Waals surface area contributed by atoms with Crippen LogP contribution in [0, 0.1) is 0 Å². The molecule has 2 heterocycles. The summed E-state index contributed by atoms with van der Waals surface area (Å²) >= 11 is 1.88. The summed E-state index contributed by atoms with van der Waals surface area (Å²) in [5, 5.41) is 5.76. The third kappa shape index (κ3) is 1.87. The highest BCUT2D eigenvalue weighted by Gasteiger charge is 2.13. The Bertz CT molecular complexity index is 210. The Morgan fingerprint density at radius 3 is 3.17 bits per heavy atom. The molecule has 12 heavy (non-hydrogen) atoms. The first-order valence-electron chi connectivity index (χ1n) is 4.73. The third-order valence-electron chi connectivity index (χ3n) is 2.45. The van der Waals surface area contributed by atoms with E-state index in [9.17, 15) is 0 Å². The molecule has 2 rings (SSSR count). The Balaban J connectivity index is 2.02. The maximum Gasteiger partial charge on any atom is 0.0414 e. The van der Waals surface area contributed by atoms with Gasteiger partial charge in [0.1, 0.15) is 0 Å². The summed E-state index contributed by atoms with van der Waals surface area (Å²) in [5.41, 5.74) is 0. The van der Waals surface area contributed by atoms with E-state index >= 15 is 0 Å². The van der Waals surface area contributed by atoms with Gasteiger partial charge in [-0.3, -0.25) is 0 Å². The van der Waals surface area contributed by atoms with E-state index < -0.39 is 0 Å². The molecule has 1 nitrogen and oxygen atoms in total. The molecular weight excluding hydrogens is 166 g/mol. The Morgan fingerprint density at radius 2 is 2.33 bits per heavy atom. The molecule has 0 aliphatic carbocycles. The Hall–Kier alpha value is -0.340. The number of nitrogens with one attached hydrogen (secondary N) is 1. The van der Waals surface area contributed by atoms with Crippen LogP contribution in [-0.2, 0) is 0 Å². The fourth-order valence-corrected chi connectivity index (χ4v) is 2.60. The van der Waals surface area contributed by atoms with Crippen molar-refractivity contribution < 1.29 is 0 Å². The lowest BCUT2D eigenvalue weighted by Gasteiger charge is -2.12. The average Bonchev–Trinajstić information content (AvgIpc) is 2.48. The predicted octanol–water partition coefficient (Wildman–Crippen LogP) is 2.95. The monoisotopic (exact) mass is 181 g/mol. The minimum absolute atomic E-state index is 0.646. The molecule has 0 spiro atoms. The van der Waals surface area contributed by atoms with Crippen molar-refractivity contribution in [1.82, 2.24) is 5.32 Å². The van der Waals surface area contributed by atoms with E-state index in [2.05, 4.69) is 22.8 Å². The van der Waals surface area contributed by atoms with Crippen molar-refractivity contribution in [2.45, 2.75) is 31.7 Å². The van der Waals surface area contributed by atoms with Crippen molar-refractivity contribution in [2.24, 2.45) is 0 Å². The second kappa shape index (κ2) is 4.06. The minimum atomic E-state index is 0.646. The molecule has 0 unspecified atom stereocenters. The van der Waals surface area contributed by atoms with E-state index in [1.54, 1.807) is 0 Å². The summed E-state index contributed by atoms with van der Waals surface area (Å²) in [6.45, 7) is 1.20. The van der Waals surface area contributed by atoms with Crippen LogP contribution in [0.1, 0.15) is 36.6 Å². The molecule has 1 aromatic heterocycles. The van der Waals surface area contributed by atoms with Gasteiger partial charge in [0.05, 0.1) is 0 Å².